The first kappa shape index (κ1) is 11.5. The van der Waals surface area contributed by atoms with Gasteiger partial charge in [-0.1, -0.05) is 6.07 Å². The fourth-order valence-electron chi connectivity index (χ4n) is 2.11. The first-order valence-electron chi connectivity index (χ1n) is 5.63. The molecule has 1 spiro atoms. The van der Waals surface area contributed by atoms with E-state index in [9.17, 15) is 14.7 Å². The van der Waals surface area contributed by atoms with Crippen molar-refractivity contribution in [2.24, 2.45) is 0 Å². The first-order valence-corrected chi connectivity index (χ1v) is 6.43. The van der Waals surface area contributed by atoms with Gasteiger partial charge in [0.25, 0.3) is 0 Å². The Morgan fingerprint density at radius 3 is 2.67 bits per heavy atom. The molecule has 0 bridgehead atoms. The number of carbonyl (C=O) groups is 2. The molecule has 1 aliphatic carbocycles. The highest BCUT2D eigenvalue weighted by atomic mass is 79.9. The number of piperazine rings is 1. The summed E-state index contributed by atoms with van der Waals surface area (Å²) in [5.74, 6) is -0.235. The maximum atomic E-state index is 12.0. The molecule has 2 fully saturated rings. The predicted molar refractivity (Wildman–Crippen MR) is 66.8 cm³/mol. The number of phenols is 1. The van der Waals surface area contributed by atoms with Gasteiger partial charge >= 0.3 is 0 Å². The van der Waals surface area contributed by atoms with E-state index in [4.69, 9.17) is 0 Å². The van der Waals surface area contributed by atoms with Gasteiger partial charge in [-0.05, 0) is 46.5 Å². The van der Waals surface area contributed by atoms with Crippen molar-refractivity contribution in [3.63, 3.8) is 0 Å². The zero-order valence-corrected chi connectivity index (χ0v) is 11.0. The van der Waals surface area contributed by atoms with E-state index in [1.165, 1.54) is 6.07 Å². The van der Waals surface area contributed by atoms with Crippen molar-refractivity contribution in [2.75, 3.05) is 0 Å². The standard InChI is InChI=1S/C12H11BrN2O3/c13-7-5-6(1-2-8(7)16)9-10(17)15-12(3-4-12)11(18)14-9/h1-2,5,9,16H,3-4H2,(H,14,18)(H,15,17). The molecule has 2 aliphatic rings. The van der Waals surface area contributed by atoms with Crippen LogP contribution < -0.4 is 10.6 Å². The molecule has 1 unspecified atom stereocenters. The molecule has 3 rings (SSSR count). The molecule has 5 nitrogen and oxygen atoms in total. The van der Waals surface area contributed by atoms with Gasteiger partial charge in [-0.3, -0.25) is 9.59 Å². The smallest absolute Gasteiger partial charge is 0.248 e. The van der Waals surface area contributed by atoms with Crippen molar-refractivity contribution in [3.05, 3.63) is 28.2 Å². The van der Waals surface area contributed by atoms with Crippen LogP contribution >= 0.6 is 15.9 Å². The highest BCUT2D eigenvalue weighted by Gasteiger charge is 2.55. The average Bonchev–Trinajstić information content (AvgIpc) is 3.08. The molecule has 1 aromatic carbocycles. The second kappa shape index (κ2) is 3.71. The Bertz CT molecular complexity index is 554. The van der Waals surface area contributed by atoms with E-state index in [0.717, 1.165) is 0 Å². The van der Waals surface area contributed by atoms with Crippen LogP contribution in [-0.2, 0) is 9.59 Å². The quantitative estimate of drug-likeness (QED) is 0.723. The van der Waals surface area contributed by atoms with Gasteiger partial charge in [0.15, 0.2) is 0 Å². The van der Waals surface area contributed by atoms with E-state index < -0.39 is 11.6 Å². The van der Waals surface area contributed by atoms with E-state index in [1.54, 1.807) is 12.1 Å². The number of aromatic hydroxyl groups is 1. The van der Waals surface area contributed by atoms with E-state index in [-0.39, 0.29) is 17.6 Å². The van der Waals surface area contributed by atoms with Crippen LogP contribution in [0.5, 0.6) is 5.75 Å². The summed E-state index contributed by atoms with van der Waals surface area (Å²) >= 11 is 3.19. The summed E-state index contributed by atoms with van der Waals surface area (Å²) in [6, 6.07) is 4.04. The number of phenolic OH excluding ortho intramolecular Hbond substituents is 1. The van der Waals surface area contributed by atoms with Crippen LogP contribution in [0.3, 0.4) is 0 Å². The normalized spacial score (nSPS) is 24.6. The van der Waals surface area contributed by atoms with E-state index in [1.807, 2.05) is 0 Å². The lowest BCUT2D eigenvalue weighted by Crippen LogP contribution is -2.59. The van der Waals surface area contributed by atoms with Gasteiger partial charge < -0.3 is 15.7 Å². The highest BCUT2D eigenvalue weighted by Crippen LogP contribution is 2.39. The zero-order valence-electron chi connectivity index (χ0n) is 9.37. The van der Waals surface area contributed by atoms with Crippen LogP contribution in [0.2, 0.25) is 0 Å². The monoisotopic (exact) mass is 310 g/mol. The third-order valence-electron chi connectivity index (χ3n) is 3.39. The number of nitrogens with one attached hydrogen (secondary N) is 2. The third kappa shape index (κ3) is 1.68. The van der Waals surface area contributed by atoms with E-state index >= 15 is 0 Å². The van der Waals surface area contributed by atoms with Gasteiger partial charge in [0, 0.05) is 0 Å². The predicted octanol–water partition coefficient (Wildman–Crippen LogP) is 0.974. The van der Waals surface area contributed by atoms with Gasteiger partial charge in [-0.15, -0.1) is 0 Å². The number of hydrogen-bond donors (Lipinski definition) is 3. The molecule has 3 N–H and O–H groups in total. The SMILES string of the molecule is O=C1NC2(CC2)C(=O)NC1c1ccc(O)c(Br)c1. The fraction of sp³-hybridized carbons (Fsp3) is 0.333. The molecule has 0 aromatic heterocycles. The Morgan fingerprint density at radius 2 is 2.06 bits per heavy atom. The van der Waals surface area contributed by atoms with Crippen molar-refractivity contribution < 1.29 is 14.7 Å². The van der Waals surface area contributed by atoms with E-state index in [2.05, 4.69) is 26.6 Å². The minimum atomic E-state index is -0.694. The van der Waals surface area contributed by atoms with Gasteiger partial charge in [-0.2, -0.15) is 0 Å². The molecule has 0 radical (unpaired) electrons. The highest BCUT2D eigenvalue weighted by molar-refractivity contribution is 9.10. The summed E-state index contributed by atoms with van der Waals surface area (Å²) < 4.78 is 0.494. The van der Waals surface area contributed by atoms with Crippen LogP contribution in [0.4, 0.5) is 0 Å². The van der Waals surface area contributed by atoms with Crippen molar-refractivity contribution in [1.29, 1.82) is 0 Å². The molecular weight excluding hydrogens is 300 g/mol. The second-order valence-corrected chi connectivity index (χ2v) is 5.54. The van der Waals surface area contributed by atoms with Crippen molar-refractivity contribution in [2.45, 2.75) is 24.4 Å². The molecule has 1 aromatic rings. The largest absolute Gasteiger partial charge is 0.507 e. The van der Waals surface area contributed by atoms with Gasteiger partial charge in [0.2, 0.25) is 11.8 Å². The number of rotatable bonds is 1. The lowest BCUT2D eigenvalue weighted by molar-refractivity contribution is -0.138. The van der Waals surface area contributed by atoms with E-state index in [0.29, 0.717) is 22.9 Å². The maximum absolute atomic E-state index is 12.0. The van der Waals surface area contributed by atoms with Crippen LogP contribution in [0.15, 0.2) is 22.7 Å². The Hall–Kier alpha value is -1.56. The molecule has 1 atom stereocenters. The summed E-state index contributed by atoms with van der Waals surface area (Å²) in [5, 5.41) is 14.9. The molecule has 94 valence electrons. The Kier molecular flexibility index (Phi) is 2.38. The van der Waals surface area contributed by atoms with Gasteiger partial charge in [-0.25, -0.2) is 0 Å². The lowest BCUT2D eigenvalue weighted by atomic mass is 10.0. The molecular formula is C12H11BrN2O3. The first-order chi connectivity index (χ1) is 8.52. The Balaban J connectivity index is 1.90. The van der Waals surface area contributed by atoms with Gasteiger partial charge in [0.05, 0.1) is 4.47 Å². The Morgan fingerprint density at radius 1 is 1.33 bits per heavy atom. The molecule has 1 aliphatic heterocycles. The third-order valence-corrected chi connectivity index (χ3v) is 4.02. The summed E-state index contributed by atoms with van der Waals surface area (Å²) in [7, 11) is 0. The number of halogens is 1. The van der Waals surface area contributed by atoms with Crippen LogP contribution in [-0.4, -0.2) is 22.5 Å². The van der Waals surface area contributed by atoms with Crippen molar-refractivity contribution in [1.82, 2.24) is 10.6 Å². The summed E-state index contributed by atoms with van der Waals surface area (Å²) in [6.07, 6.45) is 1.41. The Labute approximate surface area is 112 Å². The van der Waals surface area contributed by atoms with Crippen LogP contribution in [0.25, 0.3) is 0 Å². The molecule has 2 amide bonds. The van der Waals surface area contributed by atoms with Crippen molar-refractivity contribution >= 4 is 27.7 Å². The zero-order chi connectivity index (χ0) is 12.9. The minimum absolute atomic E-state index is 0.0972. The molecule has 18 heavy (non-hydrogen) atoms. The molecule has 1 saturated carbocycles. The summed E-state index contributed by atoms with van der Waals surface area (Å²) in [4.78, 5) is 23.9. The summed E-state index contributed by atoms with van der Waals surface area (Å²) in [5.41, 5.74) is -0.0112. The fourth-order valence-corrected chi connectivity index (χ4v) is 2.51. The number of benzene rings is 1. The number of amides is 2. The topological polar surface area (TPSA) is 78.4 Å². The average molecular weight is 311 g/mol. The number of carbonyl (C=O) groups excluding carboxylic acids is 2. The van der Waals surface area contributed by atoms with Gasteiger partial charge in [0.1, 0.15) is 17.3 Å². The summed E-state index contributed by atoms with van der Waals surface area (Å²) in [6.45, 7) is 0. The maximum Gasteiger partial charge on any atom is 0.248 e. The lowest BCUT2D eigenvalue weighted by Gasteiger charge is -2.30. The molecule has 1 saturated heterocycles. The van der Waals surface area contributed by atoms with Crippen molar-refractivity contribution in [3.8, 4) is 5.75 Å². The molecule has 1 heterocycles. The molecule has 6 heteroatoms. The number of hydrogen-bond acceptors (Lipinski definition) is 3. The van der Waals surface area contributed by atoms with Crippen LogP contribution in [0.1, 0.15) is 24.4 Å². The van der Waals surface area contributed by atoms with Crippen LogP contribution in [0, 0.1) is 0 Å². The second-order valence-electron chi connectivity index (χ2n) is 4.69. The minimum Gasteiger partial charge on any atom is -0.507 e.